The second-order valence-corrected chi connectivity index (χ2v) is 9.64. The monoisotopic (exact) mass is 582 g/mol. The van der Waals surface area contributed by atoms with Crippen molar-refractivity contribution in [2.24, 2.45) is 5.73 Å². The molecule has 0 aliphatic rings. The number of carbonyl (C=O) groups is 1. The van der Waals surface area contributed by atoms with Crippen LogP contribution in [-0.4, -0.2) is 80.0 Å². The molecule has 1 aromatic carbocycles. The lowest BCUT2D eigenvalue weighted by Gasteiger charge is -2.11. The Hall–Kier alpha value is -3.54. The molecule has 6 N–H and O–H groups in total. The Balaban J connectivity index is 1.86. The van der Waals surface area contributed by atoms with Crippen molar-refractivity contribution in [2.75, 3.05) is 75.1 Å². The van der Waals surface area contributed by atoms with E-state index < -0.39 is 0 Å². The largest absolute Gasteiger partial charge is 0.378 e. The maximum atomic E-state index is 12.5. The van der Waals surface area contributed by atoms with Crippen LogP contribution in [0.5, 0.6) is 0 Å². The van der Waals surface area contributed by atoms with Gasteiger partial charge in [-0.3, -0.25) is 4.79 Å². The Morgan fingerprint density at radius 3 is 2.24 bits per heavy atom. The average Bonchev–Trinajstić information content (AvgIpc) is 3.00. The van der Waals surface area contributed by atoms with Gasteiger partial charge in [0.15, 0.2) is 0 Å². The van der Waals surface area contributed by atoms with E-state index in [1.54, 1.807) is 0 Å². The van der Waals surface area contributed by atoms with Crippen LogP contribution in [0.25, 0.3) is 0 Å². The summed E-state index contributed by atoms with van der Waals surface area (Å²) in [5.74, 6) is 1.52. The van der Waals surface area contributed by atoms with Gasteiger partial charge in [0.25, 0.3) is 0 Å². The van der Waals surface area contributed by atoms with Crippen molar-refractivity contribution in [1.29, 1.82) is 0 Å². The standard InChI is InChI=1S/C31H50N8O3/c1-3-5-11-27(25-28(40)33-20-22-42-24-23-41-21-16-32)14-10-18-35-30-37-29(34-17-6-4-2)38-31(39-30)36-19-15-26-12-8-7-9-13-26/h7-14H,3-6,15-25,32H2,1-2H3,(H,33,40)(H3,34,35,36,37,38,39)/b14-10-,27-11+. The van der Waals surface area contributed by atoms with Gasteiger partial charge < -0.3 is 36.5 Å². The van der Waals surface area contributed by atoms with E-state index in [0.717, 1.165) is 44.2 Å². The lowest BCUT2D eigenvalue weighted by molar-refractivity contribution is -0.120. The van der Waals surface area contributed by atoms with Crippen molar-refractivity contribution in [3.63, 3.8) is 0 Å². The summed E-state index contributed by atoms with van der Waals surface area (Å²) in [5.41, 5.74) is 7.60. The first kappa shape index (κ1) is 34.7. The Morgan fingerprint density at radius 2 is 1.55 bits per heavy atom. The first-order valence-corrected chi connectivity index (χ1v) is 15.1. The fourth-order valence-corrected chi connectivity index (χ4v) is 3.76. The first-order chi connectivity index (χ1) is 20.6. The van der Waals surface area contributed by atoms with E-state index in [2.05, 4.69) is 68.3 Å². The van der Waals surface area contributed by atoms with E-state index in [4.69, 9.17) is 15.2 Å². The highest BCUT2D eigenvalue weighted by Gasteiger charge is 2.07. The third kappa shape index (κ3) is 16.7. The summed E-state index contributed by atoms with van der Waals surface area (Å²) in [5, 5.41) is 12.8. The third-order valence-electron chi connectivity index (χ3n) is 5.96. The van der Waals surface area contributed by atoms with Crippen LogP contribution in [0.15, 0.2) is 54.1 Å². The zero-order valence-electron chi connectivity index (χ0n) is 25.4. The average molecular weight is 583 g/mol. The number of allylic oxidation sites excluding steroid dienone is 2. The van der Waals surface area contributed by atoms with Crippen LogP contribution >= 0.6 is 0 Å². The molecule has 0 spiro atoms. The van der Waals surface area contributed by atoms with Gasteiger partial charge in [0.2, 0.25) is 23.8 Å². The molecule has 11 heteroatoms. The number of nitrogens with two attached hydrogens (primary N) is 1. The summed E-state index contributed by atoms with van der Waals surface area (Å²) in [6.07, 6.45) is 11.3. The molecular formula is C31H50N8O3. The quantitative estimate of drug-likeness (QED) is 0.0911. The van der Waals surface area contributed by atoms with Gasteiger partial charge in [-0.15, -0.1) is 0 Å². The normalized spacial score (nSPS) is 11.5. The van der Waals surface area contributed by atoms with Crippen molar-refractivity contribution >= 4 is 23.8 Å². The SMILES string of the molecule is CCC/C=C(\C=C/CNc1nc(NCCCC)nc(NCCc2ccccc2)n1)CC(=O)NCCOCCOCCN. The molecule has 1 aromatic heterocycles. The molecule has 0 fully saturated rings. The molecule has 0 saturated carbocycles. The molecule has 0 radical (unpaired) electrons. The minimum atomic E-state index is -0.0376. The summed E-state index contributed by atoms with van der Waals surface area (Å²) in [7, 11) is 0. The first-order valence-electron chi connectivity index (χ1n) is 15.1. The van der Waals surface area contributed by atoms with Crippen LogP contribution < -0.4 is 27.0 Å². The number of hydrogen-bond donors (Lipinski definition) is 5. The van der Waals surface area contributed by atoms with E-state index in [0.29, 0.717) is 76.9 Å². The van der Waals surface area contributed by atoms with Gasteiger partial charge >= 0.3 is 0 Å². The van der Waals surface area contributed by atoms with Gasteiger partial charge in [-0.2, -0.15) is 15.0 Å². The van der Waals surface area contributed by atoms with Crippen LogP contribution in [-0.2, 0) is 20.7 Å². The fraction of sp³-hybridized carbons (Fsp3) is 0.548. The Kier molecular flexibility index (Phi) is 19.0. The predicted octanol–water partition coefficient (Wildman–Crippen LogP) is 3.93. The van der Waals surface area contributed by atoms with Crippen LogP contribution in [0.4, 0.5) is 17.8 Å². The Bertz CT molecular complexity index is 1050. The highest BCUT2D eigenvalue weighted by molar-refractivity contribution is 5.79. The summed E-state index contributed by atoms with van der Waals surface area (Å²) in [4.78, 5) is 26.1. The van der Waals surface area contributed by atoms with Crippen molar-refractivity contribution < 1.29 is 14.3 Å². The van der Waals surface area contributed by atoms with Gasteiger partial charge in [0.1, 0.15) is 0 Å². The smallest absolute Gasteiger partial charge is 0.229 e. The van der Waals surface area contributed by atoms with Gasteiger partial charge in [-0.05, 0) is 30.4 Å². The van der Waals surface area contributed by atoms with E-state index in [9.17, 15) is 4.79 Å². The van der Waals surface area contributed by atoms with Crippen LogP contribution in [0.2, 0.25) is 0 Å². The molecule has 0 atom stereocenters. The van der Waals surface area contributed by atoms with E-state index >= 15 is 0 Å². The number of ether oxygens (including phenoxy) is 2. The minimum Gasteiger partial charge on any atom is -0.378 e. The number of carbonyl (C=O) groups excluding carboxylic acids is 1. The molecule has 42 heavy (non-hydrogen) atoms. The Morgan fingerprint density at radius 1 is 0.857 bits per heavy atom. The molecule has 0 saturated heterocycles. The summed E-state index contributed by atoms with van der Waals surface area (Å²) in [6, 6.07) is 10.3. The number of rotatable bonds is 24. The summed E-state index contributed by atoms with van der Waals surface area (Å²) >= 11 is 0. The molecular weight excluding hydrogens is 532 g/mol. The molecule has 0 unspecified atom stereocenters. The topological polar surface area (TPSA) is 148 Å². The highest BCUT2D eigenvalue weighted by atomic mass is 16.5. The molecule has 2 rings (SSSR count). The van der Waals surface area contributed by atoms with Crippen LogP contribution in [0.1, 0.15) is 51.5 Å². The van der Waals surface area contributed by atoms with Gasteiger partial charge in [-0.25, -0.2) is 0 Å². The predicted molar refractivity (Wildman–Crippen MR) is 171 cm³/mol. The minimum absolute atomic E-state index is 0.0376. The van der Waals surface area contributed by atoms with E-state index in [1.165, 1.54) is 5.56 Å². The number of nitrogens with zero attached hydrogens (tertiary/aromatic N) is 3. The molecule has 1 amide bonds. The third-order valence-corrected chi connectivity index (χ3v) is 5.96. The number of amides is 1. The lowest BCUT2D eigenvalue weighted by Crippen LogP contribution is -2.27. The highest BCUT2D eigenvalue weighted by Crippen LogP contribution is 2.11. The lowest BCUT2D eigenvalue weighted by atomic mass is 10.1. The van der Waals surface area contributed by atoms with E-state index in [-0.39, 0.29) is 5.91 Å². The van der Waals surface area contributed by atoms with Gasteiger partial charge in [-0.1, -0.05) is 75.2 Å². The van der Waals surface area contributed by atoms with Crippen LogP contribution in [0, 0.1) is 0 Å². The molecule has 1 heterocycles. The molecule has 232 valence electrons. The molecule has 0 aliphatic heterocycles. The zero-order chi connectivity index (χ0) is 30.1. The Labute approximate surface area is 251 Å². The summed E-state index contributed by atoms with van der Waals surface area (Å²) < 4.78 is 10.7. The van der Waals surface area contributed by atoms with Crippen molar-refractivity contribution in [3.8, 4) is 0 Å². The molecule has 2 aromatic rings. The molecule has 0 aliphatic carbocycles. The number of nitrogens with one attached hydrogen (secondary N) is 4. The second-order valence-electron chi connectivity index (χ2n) is 9.64. The zero-order valence-corrected chi connectivity index (χ0v) is 25.4. The maximum absolute atomic E-state index is 12.5. The van der Waals surface area contributed by atoms with Crippen molar-refractivity contribution in [2.45, 2.75) is 52.4 Å². The molecule has 11 nitrogen and oxygen atoms in total. The van der Waals surface area contributed by atoms with Crippen molar-refractivity contribution in [3.05, 3.63) is 59.7 Å². The number of unbranched alkanes of at least 4 members (excludes halogenated alkanes) is 2. The summed E-state index contributed by atoms with van der Waals surface area (Å²) in [6.45, 7) is 9.18. The second kappa shape index (κ2) is 23.1. The van der Waals surface area contributed by atoms with Crippen LogP contribution in [0.3, 0.4) is 0 Å². The number of anilines is 3. The maximum Gasteiger partial charge on any atom is 0.229 e. The van der Waals surface area contributed by atoms with Gasteiger partial charge in [0.05, 0.1) is 32.8 Å². The van der Waals surface area contributed by atoms with Gasteiger partial charge in [0, 0.05) is 32.7 Å². The number of hydrogen-bond acceptors (Lipinski definition) is 10. The van der Waals surface area contributed by atoms with E-state index in [1.807, 2.05) is 30.4 Å². The van der Waals surface area contributed by atoms with Crippen molar-refractivity contribution in [1.82, 2.24) is 20.3 Å². The number of benzene rings is 1. The fourth-order valence-electron chi connectivity index (χ4n) is 3.76. The molecule has 0 bridgehead atoms. The number of aromatic nitrogens is 3.